The lowest BCUT2D eigenvalue weighted by Crippen LogP contribution is -2.22. The molecule has 0 saturated heterocycles. The number of nitrogens with zero attached hydrogens (tertiary/aromatic N) is 2. The van der Waals surface area contributed by atoms with Crippen LogP contribution in [0.4, 0.5) is 5.69 Å². The van der Waals surface area contributed by atoms with Crippen LogP contribution in [0.5, 0.6) is 11.5 Å². The highest BCUT2D eigenvalue weighted by atomic mass is 16.5. The molecule has 0 amide bonds. The molecule has 0 atom stereocenters. The highest BCUT2D eigenvalue weighted by molar-refractivity contribution is 5.92. The SMILES string of the molecule is Cn1cccc1CN=C(N)Nc1ccc2c(c1)OCCCO2. The van der Waals surface area contributed by atoms with Gasteiger partial charge in [-0.15, -0.1) is 0 Å². The molecule has 0 radical (unpaired) electrons. The zero-order chi connectivity index (χ0) is 15.4. The van der Waals surface area contributed by atoms with Crippen molar-refractivity contribution in [2.24, 2.45) is 17.8 Å². The number of fused-ring (bicyclic) bond motifs is 1. The molecule has 0 fully saturated rings. The summed E-state index contributed by atoms with van der Waals surface area (Å²) in [7, 11) is 1.98. The number of nitrogens with one attached hydrogen (secondary N) is 1. The molecule has 0 aliphatic carbocycles. The molecule has 3 N–H and O–H groups in total. The first kappa shape index (κ1) is 14.3. The van der Waals surface area contributed by atoms with Gasteiger partial charge < -0.3 is 25.1 Å². The fraction of sp³-hybridized carbons (Fsp3) is 0.312. The van der Waals surface area contributed by atoms with Gasteiger partial charge in [-0.25, -0.2) is 4.99 Å². The standard InChI is InChI=1S/C16H20N4O2/c1-20-7-2-4-13(20)11-18-16(17)19-12-5-6-14-15(10-12)22-9-3-8-21-14/h2,4-7,10H,3,8-9,11H2,1H3,(H3,17,18,19). The highest BCUT2D eigenvalue weighted by Gasteiger charge is 2.10. The van der Waals surface area contributed by atoms with Crippen LogP contribution in [0.1, 0.15) is 12.1 Å². The van der Waals surface area contributed by atoms with E-state index in [1.807, 2.05) is 48.1 Å². The van der Waals surface area contributed by atoms with Crippen molar-refractivity contribution < 1.29 is 9.47 Å². The van der Waals surface area contributed by atoms with E-state index in [0.29, 0.717) is 25.7 Å². The number of anilines is 1. The van der Waals surface area contributed by atoms with Crippen LogP contribution >= 0.6 is 0 Å². The van der Waals surface area contributed by atoms with Gasteiger partial charge in [-0.3, -0.25) is 0 Å². The molecule has 3 rings (SSSR count). The summed E-state index contributed by atoms with van der Waals surface area (Å²) >= 11 is 0. The highest BCUT2D eigenvalue weighted by Crippen LogP contribution is 2.32. The topological polar surface area (TPSA) is 73.8 Å². The summed E-state index contributed by atoms with van der Waals surface area (Å²) in [4.78, 5) is 4.34. The zero-order valence-electron chi connectivity index (χ0n) is 12.6. The van der Waals surface area contributed by atoms with Crippen LogP contribution in [0.2, 0.25) is 0 Å². The van der Waals surface area contributed by atoms with Crippen LogP contribution in [-0.4, -0.2) is 23.7 Å². The van der Waals surface area contributed by atoms with Gasteiger partial charge in [-0.1, -0.05) is 0 Å². The van der Waals surface area contributed by atoms with E-state index in [0.717, 1.165) is 29.3 Å². The number of nitrogens with two attached hydrogens (primary N) is 1. The van der Waals surface area contributed by atoms with Gasteiger partial charge >= 0.3 is 0 Å². The first-order valence-corrected chi connectivity index (χ1v) is 7.29. The molecular formula is C16H20N4O2. The lowest BCUT2D eigenvalue weighted by Gasteiger charge is -2.10. The Labute approximate surface area is 129 Å². The number of aliphatic imine (C=N–C) groups is 1. The molecule has 0 bridgehead atoms. The molecule has 1 aromatic carbocycles. The minimum Gasteiger partial charge on any atom is -0.490 e. The maximum absolute atomic E-state index is 5.94. The minimum absolute atomic E-state index is 0.371. The Balaban J connectivity index is 1.67. The summed E-state index contributed by atoms with van der Waals surface area (Å²) in [6, 6.07) is 9.67. The van der Waals surface area contributed by atoms with Crippen molar-refractivity contribution in [3.05, 3.63) is 42.2 Å². The first-order valence-electron chi connectivity index (χ1n) is 7.29. The van der Waals surface area contributed by atoms with Gasteiger partial charge in [0.2, 0.25) is 0 Å². The van der Waals surface area contributed by atoms with Crippen molar-refractivity contribution in [1.29, 1.82) is 0 Å². The lowest BCUT2D eigenvalue weighted by molar-refractivity contribution is 0.297. The summed E-state index contributed by atoms with van der Waals surface area (Å²) in [6.07, 6.45) is 2.87. The van der Waals surface area contributed by atoms with Gasteiger partial charge in [0.25, 0.3) is 0 Å². The van der Waals surface area contributed by atoms with E-state index in [2.05, 4.69) is 10.3 Å². The number of hydrogen-bond acceptors (Lipinski definition) is 3. The predicted octanol–water partition coefficient (Wildman–Crippen LogP) is 2.11. The van der Waals surface area contributed by atoms with E-state index in [1.165, 1.54) is 0 Å². The van der Waals surface area contributed by atoms with Gasteiger partial charge in [-0.05, 0) is 24.3 Å². The van der Waals surface area contributed by atoms with Crippen molar-refractivity contribution in [2.75, 3.05) is 18.5 Å². The summed E-state index contributed by atoms with van der Waals surface area (Å²) in [5.41, 5.74) is 7.87. The summed E-state index contributed by atoms with van der Waals surface area (Å²) in [5.74, 6) is 1.87. The molecule has 2 heterocycles. The molecule has 2 aromatic rings. The molecule has 1 aliphatic heterocycles. The molecule has 1 aromatic heterocycles. The molecule has 6 heteroatoms. The third kappa shape index (κ3) is 3.33. The summed E-state index contributed by atoms with van der Waals surface area (Å²) in [5, 5.41) is 3.08. The fourth-order valence-corrected chi connectivity index (χ4v) is 2.26. The van der Waals surface area contributed by atoms with Gasteiger partial charge in [0, 0.05) is 37.1 Å². The predicted molar refractivity (Wildman–Crippen MR) is 86.4 cm³/mol. The second-order valence-electron chi connectivity index (χ2n) is 5.15. The molecule has 116 valence electrons. The lowest BCUT2D eigenvalue weighted by atomic mass is 10.3. The molecule has 0 unspecified atom stereocenters. The van der Waals surface area contributed by atoms with Crippen molar-refractivity contribution in [2.45, 2.75) is 13.0 Å². The van der Waals surface area contributed by atoms with Crippen molar-refractivity contribution >= 4 is 11.6 Å². The largest absolute Gasteiger partial charge is 0.490 e. The Hall–Kier alpha value is -2.63. The maximum Gasteiger partial charge on any atom is 0.193 e. The Morgan fingerprint density at radius 1 is 1.27 bits per heavy atom. The summed E-state index contributed by atoms with van der Waals surface area (Å²) < 4.78 is 13.3. The van der Waals surface area contributed by atoms with Crippen molar-refractivity contribution in [3.63, 3.8) is 0 Å². The first-order chi connectivity index (χ1) is 10.7. The zero-order valence-corrected chi connectivity index (χ0v) is 12.6. The Kier molecular flexibility index (Phi) is 4.18. The van der Waals surface area contributed by atoms with Crippen LogP contribution in [0.15, 0.2) is 41.5 Å². The number of aryl methyl sites for hydroxylation is 1. The second kappa shape index (κ2) is 6.43. The van der Waals surface area contributed by atoms with Crippen molar-refractivity contribution in [1.82, 2.24) is 4.57 Å². The van der Waals surface area contributed by atoms with Crippen LogP contribution < -0.4 is 20.5 Å². The van der Waals surface area contributed by atoms with Gasteiger partial charge in [0.15, 0.2) is 17.5 Å². The number of guanidine groups is 1. The number of hydrogen-bond donors (Lipinski definition) is 2. The summed E-state index contributed by atoms with van der Waals surface area (Å²) in [6.45, 7) is 1.88. The van der Waals surface area contributed by atoms with Crippen LogP contribution in [0.25, 0.3) is 0 Å². The molecule has 0 spiro atoms. The average molecular weight is 300 g/mol. The van der Waals surface area contributed by atoms with E-state index in [9.17, 15) is 0 Å². The van der Waals surface area contributed by atoms with Gasteiger partial charge in [-0.2, -0.15) is 0 Å². The maximum atomic E-state index is 5.94. The van der Waals surface area contributed by atoms with E-state index in [-0.39, 0.29) is 0 Å². The minimum atomic E-state index is 0.371. The van der Waals surface area contributed by atoms with Crippen LogP contribution in [-0.2, 0) is 13.6 Å². The molecule has 22 heavy (non-hydrogen) atoms. The fourth-order valence-electron chi connectivity index (χ4n) is 2.26. The average Bonchev–Trinajstić information content (AvgIpc) is 2.78. The quantitative estimate of drug-likeness (QED) is 0.672. The smallest absolute Gasteiger partial charge is 0.193 e. The van der Waals surface area contributed by atoms with Crippen molar-refractivity contribution in [3.8, 4) is 11.5 Å². The molecular weight excluding hydrogens is 280 g/mol. The third-order valence-corrected chi connectivity index (χ3v) is 3.48. The van der Waals surface area contributed by atoms with Gasteiger partial charge in [0.1, 0.15) is 0 Å². The number of aromatic nitrogens is 1. The molecule has 1 aliphatic rings. The normalized spacial score (nSPS) is 14.5. The number of ether oxygens (including phenoxy) is 2. The Bertz CT molecular complexity index is 679. The Morgan fingerprint density at radius 3 is 2.86 bits per heavy atom. The second-order valence-corrected chi connectivity index (χ2v) is 5.15. The van der Waals surface area contributed by atoms with E-state index in [1.54, 1.807) is 0 Å². The number of benzene rings is 1. The van der Waals surface area contributed by atoms with E-state index < -0.39 is 0 Å². The molecule has 6 nitrogen and oxygen atoms in total. The molecule has 0 saturated carbocycles. The van der Waals surface area contributed by atoms with Crippen LogP contribution in [0, 0.1) is 0 Å². The third-order valence-electron chi connectivity index (χ3n) is 3.48. The Morgan fingerprint density at radius 2 is 2.09 bits per heavy atom. The number of rotatable bonds is 3. The van der Waals surface area contributed by atoms with Crippen LogP contribution in [0.3, 0.4) is 0 Å². The monoisotopic (exact) mass is 300 g/mol. The van der Waals surface area contributed by atoms with Gasteiger partial charge in [0.05, 0.1) is 19.8 Å². The van der Waals surface area contributed by atoms with E-state index in [4.69, 9.17) is 15.2 Å². The van der Waals surface area contributed by atoms with E-state index >= 15 is 0 Å².